The Hall–Kier alpha value is -2.38. The molecule has 1 unspecified atom stereocenters. The van der Waals surface area contributed by atoms with Gasteiger partial charge in [-0.15, -0.1) is 0 Å². The maximum absolute atomic E-state index is 11.9. The molecule has 1 aromatic heterocycles. The Morgan fingerprint density at radius 3 is 2.95 bits per heavy atom. The fraction of sp³-hybridized carbons (Fsp3) is 0.538. The van der Waals surface area contributed by atoms with Crippen LogP contribution in [0.4, 0.5) is 17.3 Å². The Morgan fingerprint density at radius 1 is 1.57 bits per heavy atom. The minimum Gasteiger partial charge on any atom is -0.370 e. The molecule has 1 amide bonds. The molecule has 2 N–H and O–H groups in total. The molecular formula is C13H19N5O3. The van der Waals surface area contributed by atoms with Gasteiger partial charge in [0.1, 0.15) is 11.9 Å². The Kier molecular flexibility index (Phi) is 4.56. The van der Waals surface area contributed by atoms with Crippen molar-refractivity contribution in [2.45, 2.75) is 25.8 Å². The summed E-state index contributed by atoms with van der Waals surface area (Å²) in [6.45, 7) is 3.18. The first-order valence-electron chi connectivity index (χ1n) is 6.96. The molecule has 1 fully saturated rings. The maximum Gasteiger partial charge on any atom is 0.311 e. The van der Waals surface area contributed by atoms with E-state index in [1.807, 2.05) is 6.92 Å². The van der Waals surface area contributed by atoms with E-state index in [9.17, 15) is 14.9 Å². The van der Waals surface area contributed by atoms with Gasteiger partial charge < -0.3 is 15.5 Å². The Morgan fingerprint density at radius 2 is 2.33 bits per heavy atom. The zero-order chi connectivity index (χ0) is 15.4. The van der Waals surface area contributed by atoms with Gasteiger partial charge in [-0.1, -0.05) is 0 Å². The lowest BCUT2D eigenvalue weighted by Gasteiger charge is -2.24. The van der Waals surface area contributed by atoms with Crippen molar-refractivity contribution in [3.8, 4) is 0 Å². The lowest BCUT2D eigenvalue weighted by Crippen LogP contribution is -2.42. The Bertz CT molecular complexity index is 549. The van der Waals surface area contributed by atoms with Crippen LogP contribution in [0.1, 0.15) is 19.8 Å². The van der Waals surface area contributed by atoms with Gasteiger partial charge in [-0.25, -0.2) is 4.98 Å². The average Bonchev–Trinajstić information content (AvgIpc) is 2.95. The number of carbonyl (C=O) groups excluding carboxylic acids is 1. The zero-order valence-electron chi connectivity index (χ0n) is 12.1. The van der Waals surface area contributed by atoms with Gasteiger partial charge in [-0.05, 0) is 25.8 Å². The number of anilines is 2. The minimum atomic E-state index is -0.461. The summed E-state index contributed by atoms with van der Waals surface area (Å²) < 4.78 is 0. The molecule has 0 bridgehead atoms. The summed E-state index contributed by atoms with van der Waals surface area (Å²) in [5.74, 6) is 0.683. The highest BCUT2D eigenvalue weighted by Gasteiger charge is 2.35. The van der Waals surface area contributed by atoms with Crippen molar-refractivity contribution in [2.75, 3.05) is 30.4 Å². The third-order valence-corrected chi connectivity index (χ3v) is 3.48. The number of rotatable bonds is 5. The monoisotopic (exact) mass is 293 g/mol. The van der Waals surface area contributed by atoms with Crippen LogP contribution >= 0.6 is 0 Å². The molecule has 0 aliphatic carbocycles. The van der Waals surface area contributed by atoms with E-state index in [0.717, 1.165) is 6.42 Å². The number of hydrogen-bond donors (Lipinski definition) is 2. The number of aromatic nitrogens is 1. The third-order valence-electron chi connectivity index (χ3n) is 3.48. The molecule has 8 heteroatoms. The van der Waals surface area contributed by atoms with Crippen LogP contribution in [0.15, 0.2) is 12.1 Å². The molecule has 0 saturated carbocycles. The summed E-state index contributed by atoms with van der Waals surface area (Å²) in [5.41, 5.74) is -0.0764. The van der Waals surface area contributed by atoms with E-state index in [0.29, 0.717) is 25.3 Å². The molecule has 1 saturated heterocycles. The van der Waals surface area contributed by atoms with Crippen molar-refractivity contribution in [3.63, 3.8) is 0 Å². The van der Waals surface area contributed by atoms with Crippen LogP contribution in [0.5, 0.6) is 0 Å². The average molecular weight is 293 g/mol. The van der Waals surface area contributed by atoms with Gasteiger partial charge in [-0.2, -0.15) is 0 Å². The molecule has 8 nitrogen and oxygen atoms in total. The van der Waals surface area contributed by atoms with E-state index in [4.69, 9.17) is 0 Å². The Labute approximate surface area is 122 Å². The largest absolute Gasteiger partial charge is 0.370 e. The summed E-state index contributed by atoms with van der Waals surface area (Å²) in [4.78, 5) is 28.7. The summed E-state index contributed by atoms with van der Waals surface area (Å²) >= 11 is 0. The molecule has 0 aromatic carbocycles. The number of nitro groups is 1. The summed E-state index contributed by atoms with van der Waals surface area (Å²) in [6.07, 6.45) is 1.48. The number of nitrogens with zero attached hydrogens (tertiary/aromatic N) is 3. The van der Waals surface area contributed by atoms with Gasteiger partial charge >= 0.3 is 5.69 Å². The van der Waals surface area contributed by atoms with Crippen molar-refractivity contribution in [3.05, 3.63) is 22.2 Å². The molecule has 2 heterocycles. The third kappa shape index (κ3) is 3.04. The maximum atomic E-state index is 11.9. The quantitative estimate of drug-likeness (QED) is 0.623. The highest BCUT2D eigenvalue weighted by Crippen LogP contribution is 2.33. The van der Waals surface area contributed by atoms with E-state index < -0.39 is 11.0 Å². The molecule has 0 radical (unpaired) electrons. The summed E-state index contributed by atoms with van der Waals surface area (Å²) in [7, 11) is 1.57. The molecule has 1 aliphatic rings. The van der Waals surface area contributed by atoms with Crippen LogP contribution in [0.2, 0.25) is 0 Å². The predicted molar refractivity (Wildman–Crippen MR) is 79.5 cm³/mol. The SMILES string of the molecule is CCNc1ccc([N+](=O)[O-])c(N2CCCC2C(=O)NC)n1. The molecule has 21 heavy (non-hydrogen) atoms. The molecule has 0 spiro atoms. The van der Waals surface area contributed by atoms with Gasteiger partial charge in [0.2, 0.25) is 11.7 Å². The van der Waals surface area contributed by atoms with Crippen LogP contribution in [0, 0.1) is 10.1 Å². The fourth-order valence-corrected chi connectivity index (χ4v) is 2.53. The predicted octanol–water partition coefficient (Wildman–Crippen LogP) is 1.14. The van der Waals surface area contributed by atoms with E-state index in [-0.39, 0.29) is 17.4 Å². The molecule has 2 rings (SSSR count). The number of carbonyl (C=O) groups is 1. The number of nitrogens with one attached hydrogen (secondary N) is 2. The summed E-state index contributed by atoms with van der Waals surface area (Å²) in [5, 5.41) is 16.8. The smallest absolute Gasteiger partial charge is 0.311 e. The zero-order valence-corrected chi connectivity index (χ0v) is 12.1. The van der Waals surface area contributed by atoms with E-state index in [1.54, 1.807) is 18.0 Å². The first kappa shape index (κ1) is 15.0. The number of hydrogen-bond acceptors (Lipinski definition) is 6. The minimum absolute atomic E-state index is 0.0764. The standard InChI is InChI=1S/C13H19N5O3/c1-3-15-11-7-6-9(18(20)21)12(16-11)17-8-4-5-10(17)13(19)14-2/h6-7,10H,3-5,8H2,1-2H3,(H,14,19)(H,15,16). The van der Waals surface area contributed by atoms with Crippen LogP contribution in [-0.2, 0) is 4.79 Å². The topological polar surface area (TPSA) is 100 Å². The number of pyridine rings is 1. The van der Waals surface area contributed by atoms with Crippen molar-refractivity contribution in [1.82, 2.24) is 10.3 Å². The van der Waals surface area contributed by atoms with E-state index in [2.05, 4.69) is 15.6 Å². The number of amides is 1. The van der Waals surface area contributed by atoms with Gasteiger partial charge in [0.15, 0.2) is 0 Å². The molecule has 1 aromatic rings. The number of likely N-dealkylation sites (N-methyl/N-ethyl adjacent to an activating group) is 1. The van der Waals surface area contributed by atoms with Gasteiger partial charge in [-0.3, -0.25) is 14.9 Å². The molecule has 114 valence electrons. The van der Waals surface area contributed by atoms with E-state index >= 15 is 0 Å². The van der Waals surface area contributed by atoms with Crippen LogP contribution in [0.3, 0.4) is 0 Å². The van der Waals surface area contributed by atoms with Crippen LogP contribution < -0.4 is 15.5 Å². The molecular weight excluding hydrogens is 274 g/mol. The summed E-state index contributed by atoms with van der Waals surface area (Å²) in [6, 6.07) is 2.61. The fourth-order valence-electron chi connectivity index (χ4n) is 2.53. The normalized spacial score (nSPS) is 17.6. The molecule has 1 atom stereocenters. The van der Waals surface area contributed by atoms with Gasteiger partial charge in [0, 0.05) is 26.2 Å². The first-order valence-corrected chi connectivity index (χ1v) is 6.96. The Balaban J connectivity index is 2.41. The van der Waals surface area contributed by atoms with Gasteiger partial charge in [0.25, 0.3) is 0 Å². The van der Waals surface area contributed by atoms with Crippen molar-refractivity contribution >= 4 is 23.2 Å². The lowest BCUT2D eigenvalue weighted by atomic mass is 10.2. The second-order valence-corrected chi connectivity index (χ2v) is 4.79. The lowest BCUT2D eigenvalue weighted by molar-refractivity contribution is -0.384. The highest BCUT2D eigenvalue weighted by molar-refractivity contribution is 5.86. The van der Waals surface area contributed by atoms with Crippen molar-refractivity contribution in [2.24, 2.45) is 0 Å². The second-order valence-electron chi connectivity index (χ2n) is 4.79. The van der Waals surface area contributed by atoms with Crippen molar-refractivity contribution < 1.29 is 9.72 Å². The van der Waals surface area contributed by atoms with Crippen LogP contribution in [-0.4, -0.2) is 42.0 Å². The van der Waals surface area contributed by atoms with Crippen LogP contribution in [0.25, 0.3) is 0 Å². The first-order chi connectivity index (χ1) is 10.1. The van der Waals surface area contributed by atoms with E-state index in [1.165, 1.54) is 6.07 Å². The highest BCUT2D eigenvalue weighted by atomic mass is 16.6. The molecule has 1 aliphatic heterocycles. The van der Waals surface area contributed by atoms with Gasteiger partial charge in [0.05, 0.1) is 4.92 Å². The van der Waals surface area contributed by atoms with Crippen molar-refractivity contribution in [1.29, 1.82) is 0 Å². The second kappa shape index (κ2) is 6.38.